The standard InChI is InChI=1S/La.2O.Zr/q+3;;-2;+2. The van der Waals surface area contributed by atoms with Crippen molar-refractivity contribution < 1.29 is 68.6 Å². The topological polar surface area (TPSA) is 45.6 Å². The van der Waals surface area contributed by atoms with Crippen LogP contribution in [-0.4, -0.2) is 0 Å². The van der Waals surface area contributed by atoms with E-state index in [1.165, 1.54) is 0 Å². The van der Waals surface area contributed by atoms with Crippen LogP contribution >= 0.6 is 0 Å². The Hall–Kier alpha value is 1.84. The van der Waals surface area contributed by atoms with Gasteiger partial charge in [-0.1, -0.05) is 0 Å². The maximum absolute atomic E-state index is 8.34. The van der Waals surface area contributed by atoms with Gasteiger partial charge in [0.25, 0.3) is 0 Å². The second-order valence-electron chi connectivity index (χ2n) is 0. The molecule has 0 N–H and O–H groups in total. The van der Waals surface area contributed by atoms with E-state index in [1.807, 2.05) is 0 Å². The Morgan fingerprint density at radius 1 is 1.25 bits per heavy atom. The molecular formula is LaO2Zr+3. The molecule has 0 aliphatic rings. The molecule has 0 aromatic carbocycles. The Morgan fingerprint density at radius 3 is 1.25 bits per heavy atom. The zero-order valence-corrected chi connectivity index (χ0v) is 7.98. The van der Waals surface area contributed by atoms with Crippen LogP contribution in [0.5, 0.6) is 0 Å². The average molecular weight is 262 g/mol. The summed E-state index contributed by atoms with van der Waals surface area (Å²) in [7, 11) is 0. The van der Waals surface area contributed by atoms with Gasteiger partial charge in [0.05, 0.1) is 0 Å². The maximum atomic E-state index is 8.34. The molecule has 0 bridgehead atoms. The molecule has 0 aliphatic heterocycles. The molecule has 0 radical (unpaired) electrons. The van der Waals surface area contributed by atoms with Crippen molar-refractivity contribution in [1.82, 2.24) is 0 Å². The van der Waals surface area contributed by atoms with Gasteiger partial charge >= 0.3 is 63.1 Å². The summed E-state index contributed by atoms with van der Waals surface area (Å²) in [5.41, 5.74) is 0. The average Bonchev–Trinajstić information content (AvgIpc) is 1.00. The van der Waals surface area contributed by atoms with E-state index in [-0.39, 0.29) is 41.1 Å². The minimum absolute atomic E-state index is 0. The van der Waals surface area contributed by atoms with E-state index >= 15 is 0 Å². The molecule has 0 saturated heterocycles. The van der Waals surface area contributed by atoms with Crippen molar-refractivity contribution in [2.45, 2.75) is 0 Å². The summed E-state index contributed by atoms with van der Waals surface area (Å²) in [5, 5.41) is 0. The van der Waals surface area contributed by atoms with E-state index in [2.05, 4.69) is 0 Å². The van der Waals surface area contributed by atoms with Crippen LogP contribution in [0.15, 0.2) is 0 Å². The molecule has 0 amide bonds. The van der Waals surface area contributed by atoms with Crippen molar-refractivity contribution in [3.05, 3.63) is 0 Å². The minimum atomic E-state index is 0. The number of hydrogen-bond donors (Lipinski definition) is 0. The molecule has 4 heavy (non-hydrogen) atoms. The van der Waals surface area contributed by atoms with E-state index in [9.17, 15) is 0 Å². The molecule has 0 aromatic heterocycles. The summed E-state index contributed by atoms with van der Waals surface area (Å²) < 4.78 is 8.34. The van der Waals surface area contributed by atoms with Gasteiger partial charge in [-0.25, -0.2) is 0 Å². The van der Waals surface area contributed by atoms with Crippen molar-refractivity contribution >= 4 is 0 Å². The zero-order valence-electron chi connectivity index (χ0n) is 1.89. The molecule has 2 nitrogen and oxygen atoms in total. The zero-order chi connectivity index (χ0) is 2.00. The Bertz CT molecular complexity index is 6.00. The molecule has 0 unspecified atom stereocenters. The molecule has 0 heterocycles. The van der Waals surface area contributed by atoms with Crippen molar-refractivity contribution in [2.24, 2.45) is 0 Å². The number of rotatable bonds is 0. The Kier molecular flexibility index (Phi) is 89.5. The predicted octanol–water partition coefficient (Wildman–Crippen LogP) is -0.240. The van der Waals surface area contributed by atoms with Crippen molar-refractivity contribution in [3.8, 4) is 0 Å². The molecule has 0 saturated carbocycles. The summed E-state index contributed by atoms with van der Waals surface area (Å²) >= 11 is 0.300. The second kappa shape index (κ2) is 21.1. The molecule has 16 valence electrons. The second-order valence-corrected chi connectivity index (χ2v) is 0. The van der Waals surface area contributed by atoms with Gasteiger partial charge in [-0.3, -0.25) is 0 Å². The van der Waals surface area contributed by atoms with Crippen molar-refractivity contribution in [1.29, 1.82) is 0 Å². The fraction of sp³-hybridized carbons (Fsp3) is 0. The van der Waals surface area contributed by atoms with Crippen LogP contribution in [0.25, 0.3) is 0 Å². The Morgan fingerprint density at radius 2 is 1.25 bits per heavy atom. The van der Waals surface area contributed by atoms with Gasteiger partial charge in [0.15, 0.2) is 0 Å². The van der Waals surface area contributed by atoms with Gasteiger partial charge < -0.3 is 5.48 Å². The first kappa shape index (κ1) is 17.0. The molecule has 4 heteroatoms. The summed E-state index contributed by atoms with van der Waals surface area (Å²) in [4.78, 5) is 0. The molecule has 0 fully saturated rings. The van der Waals surface area contributed by atoms with Gasteiger partial charge in [0.2, 0.25) is 0 Å². The third-order valence-corrected chi connectivity index (χ3v) is 0. The first-order chi connectivity index (χ1) is 1.00. The molecule has 0 aliphatic carbocycles. The van der Waals surface area contributed by atoms with Gasteiger partial charge in [-0.15, -0.1) is 0 Å². The molecule has 0 atom stereocenters. The Balaban J connectivity index is -0.00000000500. The third-order valence-electron chi connectivity index (χ3n) is 0. The van der Waals surface area contributed by atoms with Crippen LogP contribution in [0.4, 0.5) is 0 Å². The van der Waals surface area contributed by atoms with Gasteiger partial charge in [0.1, 0.15) is 0 Å². The van der Waals surface area contributed by atoms with Gasteiger partial charge in [-0.2, -0.15) is 0 Å². The molecule has 0 rings (SSSR count). The molecule has 0 aromatic rings. The number of hydrogen-bond acceptors (Lipinski definition) is 1. The molecule has 0 spiro atoms. The fourth-order valence-electron chi connectivity index (χ4n) is 0. The van der Waals surface area contributed by atoms with Crippen molar-refractivity contribution in [3.63, 3.8) is 0 Å². The van der Waals surface area contributed by atoms with E-state index in [0.29, 0.717) is 24.7 Å². The van der Waals surface area contributed by atoms with Gasteiger partial charge in [0, 0.05) is 0 Å². The van der Waals surface area contributed by atoms with E-state index in [0.717, 1.165) is 0 Å². The van der Waals surface area contributed by atoms with Crippen molar-refractivity contribution in [2.75, 3.05) is 0 Å². The first-order valence-corrected chi connectivity index (χ1v) is 1.21. The third kappa shape index (κ3) is 9.15. The first-order valence-electron chi connectivity index (χ1n) is 0.204. The summed E-state index contributed by atoms with van der Waals surface area (Å²) in [6.07, 6.45) is 0. The van der Waals surface area contributed by atoms with E-state index in [1.54, 1.807) is 0 Å². The van der Waals surface area contributed by atoms with Gasteiger partial charge in [-0.05, 0) is 0 Å². The quantitative estimate of drug-likeness (QED) is 0.594. The predicted molar refractivity (Wildman–Crippen MR) is 1.37 cm³/mol. The summed E-state index contributed by atoms with van der Waals surface area (Å²) in [6.45, 7) is 0. The van der Waals surface area contributed by atoms with Crippen LogP contribution in [-0.2, 0) is 33.0 Å². The Labute approximate surface area is 67.5 Å². The normalized spacial score (nSPS) is 1.50. The van der Waals surface area contributed by atoms with Crippen LogP contribution in [0.2, 0.25) is 0 Å². The monoisotopic (exact) mass is 261 g/mol. The summed E-state index contributed by atoms with van der Waals surface area (Å²) in [5.74, 6) is 0. The van der Waals surface area contributed by atoms with E-state index in [4.69, 9.17) is 2.81 Å². The SMILES string of the molecule is [La+3].[O-2].[O]=[Zr+2]. The summed E-state index contributed by atoms with van der Waals surface area (Å²) in [6, 6.07) is 0. The van der Waals surface area contributed by atoms with E-state index < -0.39 is 0 Å². The van der Waals surface area contributed by atoms with Crippen LogP contribution in [0.3, 0.4) is 0 Å². The van der Waals surface area contributed by atoms with Crippen LogP contribution in [0.1, 0.15) is 0 Å². The fourth-order valence-corrected chi connectivity index (χ4v) is 0. The van der Waals surface area contributed by atoms with Crippen LogP contribution < -0.4 is 0 Å². The molecular weight excluding hydrogens is 262 g/mol. The van der Waals surface area contributed by atoms with Crippen LogP contribution in [0, 0.1) is 35.6 Å².